The van der Waals surface area contributed by atoms with Crippen molar-refractivity contribution in [3.8, 4) is 5.75 Å². The second-order valence-corrected chi connectivity index (χ2v) is 4.99. The number of ether oxygens (including phenoxy) is 1. The van der Waals surface area contributed by atoms with E-state index in [2.05, 4.69) is 20.4 Å². The van der Waals surface area contributed by atoms with Crippen LogP contribution < -0.4 is 10.1 Å². The van der Waals surface area contributed by atoms with Crippen LogP contribution >= 0.6 is 0 Å². The number of nitrogens with zero attached hydrogens (tertiary/aromatic N) is 4. The normalized spacial score (nSPS) is 11.3. The van der Waals surface area contributed by atoms with Crippen molar-refractivity contribution in [3.63, 3.8) is 0 Å². The summed E-state index contributed by atoms with van der Waals surface area (Å²) in [5.41, 5.74) is 0. The van der Waals surface area contributed by atoms with Crippen molar-refractivity contribution in [3.05, 3.63) is 42.0 Å². The van der Waals surface area contributed by atoms with E-state index in [1.54, 1.807) is 6.92 Å². The highest BCUT2D eigenvalue weighted by Crippen LogP contribution is 2.07. The van der Waals surface area contributed by atoms with Gasteiger partial charge in [0.05, 0.1) is 6.54 Å². The van der Waals surface area contributed by atoms with Crippen molar-refractivity contribution >= 4 is 5.96 Å². The quantitative estimate of drug-likeness (QED) is 0.620. The number of nitrogens with one attached hydrogen (secondary N) is 1. The Kier molecular flexibility index (Phi) is 6.40. The van der Waals surface area contributed by atoms with Crippen molar-refractivity contribution in [2.24, 2.45) is 4.99 Å². The van der Waals surface area contributed by atoms with E-state index in [1.165, 1.54) is 0 Å². The smallest absolute Gasteiger partial charge is 0.248 e. The first kappa shape index (κ1) is 16.8. The van der Waals surface area contributed by atoms with Crippen molar-refractivity contribution in [2.45, 2.75) is 20.4 Å². The molecule has 0 fully saturated rings. The molecule has 23 heavy (non-hydrogen) atoms. The lowest BCUT2D eigenvalue weighted by molar-refractivity contribution is 0.281. The van der Waals surface area contributed by atoms with Crippen LogP contribution in [0.2, 0.25) is 0 Å². The van der Waals surface area contributed by atoms with E-state index in [9.17, 15) is 0 Å². The van der Waals surface area contributed by atoms with Gasteiger partial charge in [0.2, 0.25) is 5.89 Å². The number of guanidine groups is 1. The summed E-state index contributed by atoms with van der Waals surface area (Å²) in [6, 6.07) is 9.76. The summed E-state index contributed by atoms with van der Waals surface area (Å²) in [5, 5.41) is 7.00. The zero-order valence-corrected chi connectivity index (χ0v) is 13.8. The fraction of sp³-hybridized carbons (Fsp3) is 0.438. The Labute approximate surface area is 136 Å². The highest BCUT2D eigenvalue weighted by atomic mass is 16.5. The molecule has 7 heteroatoms. The molecule has 0 saturated heterocycles. The molecule has 2 rings (SSSR count). The summed E-state index contributed by atoms with van der Waals surface area (Å²) < 4.78 is 10.8. The highest BCUT2D eigenvalue weighted by molar-refractivity contribution is 5.79. The summed E-state index contributed by atoms with van der Waals surface area (Å²) in [4.78, 5) is 10.7. The molecule has 0 atom stereocenters. The first-order valence-electron chi connectivity index (χ1n) is 7.65. The lowest BCUT2D eigenvalue weighted by Gasteiger charge is -2.21. The number of aromatic nitrogens is 2. The molecule has 1 aromatic carbocycles. The van der Waals surface area contributed by atoms with Gasteiger partial charge < -0.3 is 19.5 Å². The topological polar surface area (TPSA) is 75.8 Å². The molecule has 1 heterocycles. The zero-order valence-electron chi connectivity index (χ0n) is 13.8. The average Bonchev–Trinajstić information content (AvgIpc) is 2.98. The van der Waals surface area contributed by atoms with Gasteiger partial charge in [0.15, 0.2) is 11.8 Å². The van der Waals surface area contributed by atoms with Gasteiger partial charge in [-0.25, -0.2) is 4.99 Å². The predicted octanol–water partition coefficient (Wildman–Crippen LogP) is 1.85. The monoisotopic (exact) mass is 317 g/mol. The molecule has 0 aliphatic heterocycles. The molecule has 0 radical (unpaired) electrons. The van der Waals surface area contributed by atoms with Gasteiger partial charge in [-0.3, -0.25) is 0 Å². The lowest BCUT2D eigenvalue weighted by atomic mass is 10.3. The second-order valence-electron chi connectivity index (χ2n) is 4.99. The number of aryl methyl sites for hydroxylation is 1. The van der Waals surface area contributed by atoms with Gasteiger partial charge in [0.1, 0.15) is 18.9 Å². The fourth-order valence-corrected chi connectivity index (χ4v) is 1.94. The maximum Gasteiger partial charge on any atom is 0.248 e. The minimum Gasteiger partial charge on any atom is -0.492 e. The fourth-order valence-electron chi connectivity index (χ4n) is 1.94. The number of rotatable bonds is 7. The number of hydrogen-bond donors (Lipinski definition) is 1. The summed E-state index contributed by atoms with van der Waals surface area (Å²) in [7, 11) is 1.97. The zero-order chi connectivity index (χ0) is 16.5. The van der Waals surface area contributed by atoms with Gasteiger partial charge in [-0.1, -0.05) is 23.4 Å². The number of hydrogen-bond acceptors (Lipinski definition) is 5. The van der Waals surface area contributed by atoms with E-state index in [4.69, 9.17) is 9.26 Å². The van der Waals surface area contributed by atoms with Gasteiger partial charge >= 0.3 is 0 Å². The van der Waals surface area contributed by atoms with Crippen LogP contribution in [0.1, 0.15) is 18.6 Å². The van der Waals surface area contributed by atoms with Crippen LogP contribution in [0.4, 0.5) is 0 Å². The Morgan fingerprint density at radius 3 is 2.78 bits per heavy atom. The third kappa shape index (κ3) is 5.61. The standard InChI is InChI=1S/C16H23N5O2/c1-4-17-16(18-12-15-19-13(2)20-23-15)21(3)10-11-22-14-8-6-5-7-9-14/h5-9H,4,10-12H2,1-3H3,(H,17,18). The Morgan fingerprint density at radius 1 is 1.35 bits per heavy atom. The summed E-state index contributed by atoms with van der Waals surface area (Å²) in [6.07, 6.45) is 0. The van der Waals surface area contributed by atoms with Crippen LogP contribution in [-0.4, -0.2) is 47.7 Å². The molecule has 7 nitrogen and oxygen atoms in total. The molecule has 0 saturated carbocycles. The van der Waals surface area contributed by atoms with Crippen molar-refractivity contribution in [1.29, 1.82) is 0 Å². The second kappa shape index (κ2) is 8.77. The maximum atomic E-state index is 5.71. The van der Waals surface area contributed by atoms with Crippen molar-refractivity contribution in [1.82, 2.24) is 20.4 Å². The first-order chi connectivity index (χ1) is 11.2. The first-order valence-corrected chi connectivity index (χ1v) is 7.65. The van der Waals surface area contributed by atoms with Crippen molar-refractivity contribution in [2.75, 3.05) is 26.7 Å². The highest BCUT2D eigenvalue weighted by Gasteiger charge is 2.07. The van der Waals surface area contributed by atoms with Crippen LogP contribution in [0.5, 0.6) is 5.75 Å². The van der Waals surface area contributed by atoms with Gasteiger partial charge in [-0.15, -0.1) is 0 Å². The molecule has 1 aromatic heterocycles. The molecule has 0 spiro atoms. The van der Waals surface area contributed by atoms with E-state index in [0.717, 1.165) is 18.3 Å². The molecule has 1 N–H and O–H groups in total. The van der Waals surface area contributed by atoms with Crippen molar-refractivity contribution < 1.29 is 9.26 Å². The Hall–Kier alpha value is -2.57. The van der Waals surface area contributed by atoms with Gasteiger partial charge in [0.25, 0.3) is 0 Å². The third-order valence-corrected chi connectivity index (χ3v) is 3.07. The maximum absolute atomic E-state index is 5.71. The SMILES string of the molecule is CCNC(=NCc1nc(C)no1)N(C)CCOc1ccccc1. The number of para-hydroxylation sites is 1. The Balaban J connectivity index is 1.85. The Morgan fingerprint density at radius 2 is 2.13 bits per heavy atom. The molecule has 0 aliphatic rings. The number of likely N-dealkylation sites (N-methyl/N-ethyl adjacent to an activating group) is 1. The summed E-state index contributed by atoms with van der Waals surface area (Å²) >= 11 is 0. The minimum atomic E-state index is 0.354. The molecular formula is C16H23N5O2. The summed E-state index contributed by atoms with van der Waals surface area (Å²) in [6.45, 7) is 6.24. The predicted molar refractivity (Wildman–Crippen MR) is 88.4 cm³/mol. The van der Waals surface area contributed by atoms with E-state index in [-0.39, 0.29) is 0 Å². The average molecular weight is 317 g/mol. The molecule has 124 valence electrons. The molecular weight excluding hydrogens is 294 g/mol. The molecule has 0 unspecified atom stereocenters. The van der Waals surface area contributed by atoms with E-state index >= 15 is 0 Å². The minimum absolute atomic E-state index is 0.354. The summed E-state index contributed by atoms with van der Waals surface area (Å²) in [5.74, 6) is 2.76. The lowest BCUT2D eigenvalue weighted by Crippen LogP contribution is -2.40. The van der Waals surface area contributed by atoms with E-state index < -0.39 is 0 Å². The van der Waals surface area contributed by atoms with Gasteiger partial charge in [0, 0.05) is 13.6 Å². The van der Waals surface area contributed by atoms with Crippen LogP contribution in [0.3, 0.4) is 0 Å². The van der Waals surface area contributed by atoms with Crippen LogP contribution in [0.25, 0.3) is 0 Å². The van der Waals surface area contributed by atoms with Gasteiger partial charge in [-0.2, -0.15) is 4.98 Å². The Bertz CT molecular complexity index is 612. The van der Waals surface area contributed by atoms with E-state index in [0.29, 0.717) is 31.4 Å². The van der Waals surface area contributed by atoms with E-state index in [1.807, 2.05) is 49.2 Å². The molecule has 0 amide bonds. The van der Waals surface area contributed by atoms with Crippen LogP contribution in [0.15, 0.2) is 39.8 Å². The molecule has 0 aliphatic carbocycles. The van der Waals surface area contributed by atoms with Crippen LogP contribution in [0, 0.1) is 6.92 Å². The number of benzene rings is 1. The third-order valence-electron chi connectivity index (χ3n) is 3.07. The van der Waals surface area contributed by atoms with Crippen LogP contribution in [-0.2, 0) is 6.54 Å². The van der Waals surface area contributed by atoms with Gasteiger partial charge in [-0.05, 0) is 26.0 Å². The molecule has 0 bridgehead atoms. The molecule has 2 aromatic rings. The number of aliphatic imine (C=N–C) groups is 1. The largest absolute Gasteiger partial charge is 0.492 e.